The quantitative estimate of drug-likeness (QED) is 0.320. The van der Waals surface area contributed by atoms with Gasteiger partial charge in [-0.15, -0.1) is 0 Å². The van der Waals surface area contributed by atoms with Crippen LogP contribution in [0.15, 0.2) is 76.1 Å². The first-order valence-corrected chi connectivity index (χ1v) is 10.3. The molecule has 9 heteroatoms. The van der Waals surface area contributed by atoms with E-state index in [0.717, 1.165) is 35.6 Å². The van der Waals surface area contributed by atoms with Crippen molar-refractivity contribution in [3.8, 4) is 22.5 Å². The monoisotopic (exact) mass is 474 g/mol. The largest absolute Gasteiger partial charge is 0.456 e. The average Bonchev–Trinajstić information content (AvgIpc) is 3.47. The zero-order valence-electron chi connectivity index (χ0n) is 17.4. The molecule has 3 aromatic carbocycles. The summed E-state index contributed by atoms with van der Waals surface area (Å²) in [6.45, 7) is 1.38. The zero-order valence-corrected chi connectivity index (χ0v) is 17.4. The lowest BCUT2D eigenvalue weighted by atomic mass is 9.98. The van der Waals surface area contributed by atoms with Crippen LogP contribution in [0.3, 0.4) is 0 Å². The lowest BCUT2D eigenvalue weighted by Gasteiger charge is -2.14. The van der Waals surface area contributed by atoms with E-state index in [-0.39, 0.29) is 17.2 Å². The third kappa shape index (κ3) is 4.13. The third-order valence-electron chi connectivity index (χ3n) is 5.56. The molecular formula is C25H16F6N2O. The van der Waals surface area contributed by atoms with Gasteiger partial charge in [0.05, 0.1) is 17.7 Å². The van der Waals surface area contributed by atoms with Crippen LogP contribution in [0.4, 0.5) is 26.3 Å². The Morgan fingerprint density at radius 1 is 0.735 bits per heavy atom. The highest BCUT2D eigenvalue weighted by atomic mass is 19.4. The van der Waals surface area contributed by atoms with Crippen LogP contribution in [-0.4, -0.2) is 18.9 Å². The van der Waals surface area contributed by atoms with Crippen molar-refractivity contribution in [2.24, 2.45) is 4.99 Å². The second-order valence-corrected chi connectivity index (χ2v) is 7.86. The Morgan fingerprint density at radius 2 is 1.41 bits per heavy atom. The fourth-order valence-electron chi connectivity index (χ4n) is 3.96. The molecule has 1 N–H and O–H groups in total. The molecule has 1 aliphatic heterocycles. The normalized spacial score (nSPS) is 14.4. The molecule has 0 saturated heterocycles. The van der Waals surface area contributed by atoms with Crippen molar-refractivity contribution >= 4 is 16.8 Å². The molecule has 1 aromatic heterocycles. The molecule has 5 rings (SSSR count). The van der Waals surface area contributed by atoms with Crippen LogP contribution >= 0.6 is 0 Å². The number of nitrogens with zero attached hydrogens (tertiary/aromatic N) is 1. The molecule has 0 amide bonds. The van der Waals surface area contributed by atoms with E-state index >= 15 is 0 Å². The number of rotatable bonds is 3. The maximum atomic E-state index is 13.3. The minimum atomic E-state index is -4.91. The smallest absolute Gasteiger partial charge is 0.416 e. The first kappa shape index (κ1) is 22.1. The molecule has 2 heterocycles. The number of fused-ring (bicyclic) bond motifs is 1. The minimum absolute atomic E-state index is 0.120. The summed E-state index contributed by atoms with van der Waals surface area (Å²) in [6, 6.07) is 15.2. The minimum Gasteiger partial charge on any atom is -0.456 e. The predicted octanol–water partition coefficient (Wildman–Crippen LogP) is 7.15. The summed E-state index contributed by atoms with van der Waals surface area (Å²) >= 11 is 0. The van der Waals surface area contributed by atoms with Crippen LogP contribution < -0.4 is 5.32 Å². The fraction of sp³-hybridized carbons (Fsp3) is 0.160. The molecule has 0 unspecified atom stereocenters. The number of amidine groups is 1. The molecule has 4 aromatic rings. The first-order valence-electron chi connectivity index (χ1n) is 10.3. The highest BCUT2D eigenvalue weighted by Crippen LogP contribution is 2.40. The second-order valence-electron chi connectivity index (χ2n) is 7.86. The summed E-state index contributed by atoms with van der Waals surface area (Å²) in [4.78, 5) is 4.44. The van der Waals surface area contributed by atoms with Gasteiger partial charge < -0.3 is 9.73 Å². The molecule has 174 valence electrons. The van der Waals surface area contributed by atoms with Crippen molar-refractivity contribution in [1.29, 1.82) is 0 Å². The van der Waals surface area contributed by atoms with Crippen LogP contribution in [-0.2, 0) is 12.4 Å². The van der Waals surface area contributed by atoms with E-state index in [2.05, 4.69) is 10.3 Å². The first-order chi connectivity index (χ1) is 16.1. The Labute approximate surface area is 189 Å². The van der Waals surface area contributed by atoms with E-state index in [1.807, 2.05) is 24.3 Å². The van der Waals surface area contributed by atoms with Gasteiger partial charge in [-0.3, -0.25) is 4.99 Å². The number of furan rings is 1. The van der Waals surface area contributed by atoms with Gasteiger partial charge in [-0.05, 0) is 47.5 Å². The average molecular weight is 474 g/mol. The molecule has 0 bridgehead atoms. The van der Waals surface area contributed by atoms with Gasteiger partial charge in [-0.2, -0.15) is 26.3 Å². The molecule has 0 spiro atoms. The van der Waals surface area contributed by atoms with Gasteiger partial charge in [0.25, 0.3) is 0 Å². The number of aliphatic imine (C=N–C) groups is 1. The van der Waals surface area contributed by atoms with Gasteiger partial charge in [0, 0.05) is 23.1 Å². The Morgan fingerprint density at radius 3 is 2.03 bits per heavy atom. The van der Waals surface area contributed by atoms with Crippen molar-refractivity contribution in [3.63, 3.8) is 0 Å². The molecule has 34 heavy (non-hydrogen) atoms. The predicted molar refractivity (Wildman–Crippen MR) is 116 cm³/mol. The van der Waals surface area contributed by atoms with Gasteiger partial charge in [0.1, 0.15) is 17.2 Å². The summed E-state index contributed by atoms with van der Waals surface area (Å²) in [6.07, 6.45) is -9.83. The van der Waals surface area contributed by atoms with E-state index in [9.17, 15) is 26.3 Å². The van der Waals surface area contributed by atoms with Crippen LogP contribution in [0.1, 0.15) is 16.7 Å². The number of hydrogen-bond donors (Lipinski definition) is 1. The van der Waals surface area contributed by atoms with Crippen molar-refractivity contribution < 1.29 is 30.8 Å². The molecule has 0 atom stereocenters. The SMILES string of the molecule is FC(F)(F)c1cc(-c2ccc3oc(-c4ccccc4C4=NCCN4)cc3c2)cc(C(F)(F)F)c1. The lowest BCUT2D eigenvalue weighted by molar-refractivity contribution is -0.143. The molecule has 3 nitrogen and oxygen atoms in total. The number of halogens is 6. The number of alkyl halides is 6. The van der Waals surface area contributed by atoms with E-state index in [0.29, 0.717) is 23.3 Å². The summed E-state index contributed by atoms with van der Waals surface area (Å²) in [5.74, 6) is 1.25. The molecule has 1 aliphatic rings. The van der Waals surface area contributed by atoms with Gasteiger partial charge in [0.15, 0.2) is 0 Å². The van der Waals surface area contributed by atoms with Crippen molar-refractivity contribution in [3.05, 3.63) is 83.4 Å². The number of hydrogen-bond acceptors (Lipinski definition) is 3. The molecule has 0 fully saturated rings. The summed E-state index contributed by atoms with van der Waals surface area (Å²) in [5.41, 5.74) is -0.617. The maximum absolute atomic E-state index is 13.3. The van der Waals surface area contributed by atoms with E-state index in [4.69, 9.17) is 4.42 Å². The molecular weight excluding hydrogens is 458 g/mol. The Hall–Kier alpha value is -3.75. The summed E-state index contributed by atoms with van der Waals surface area (Å²) in [7, 11) is 0. The van der Waals surface area contributed by atoms with E-state index < -0.39 is 23.5 Å². The Balaban J connectivity index is 1.60. The van der Waals surface area contributed by atoms with E-state index in [1.165, 1.54) is 18.2 Å². The van der Waals surface area contributed by atoms with Crippen LogP contribution in [0.2, 0.25) is 0 Å². The van der Waals surface area contributed by atoms with Gasteiger partial charge in [-0.1, -0.05) is 30.3 Å². The second kappa shape index (κ2) is 7.93. The third-order valence-corrected chi connectivity index (χ3v) is 5.56. The van der Waals surface area contributed by atoms with Gasteiger partial charge in [0.2, 0.25) is 0 Å². The highest BCUT2D eigenvalue weighted by Gasteiger charge is 2.37. The van der Waals surface area contributed by atoms with Gasteiger partial charge in [-0.25, -0.2) is 0 Å². The van der Waals surface area contributed by atoms with E-state index in [1.54, 1.807) is 6.07 Å². The van der Waals surface area contributed by atoms with Crippen molar-refractivity contribution in [2.45, 2.75) is 12.4 Å². The molecule has 0 radical (unpaired) electrons. The Bertz CT molecular complexity index is 1380. The number of benzene rings is 3. The lowest BCUT2D eigenvalue weighted by Crippen LogP contribution is -2.20. The van der Waals surface area contributed by atoms with Crippen molar-refractivity contribution in [2.75, 3.05) is 13.1 Å². The van der Waals surface area contributed by atoms with Crippen LogP contribution in [0, 0.1) is 0 Å². The highest BCUT2D eigenvalue weighted by molar-refractivity contribution is 6.05. The Kier molecular flexibility index (Phi) is 5.15. The topological polar surface area (TPSA) is 37.5 Å². The van der Waals surface area contributed by atoms with Crippen LogP contribution in [0.25, 0.3) is 33.4 Å². The summed E-state index contributed by atoms with van der Waals surface area (Å²) in [5, 5.41) is 3.76. The maximum Gasteiger partial charge on any atom is 0.416 e. The van der Waals surface area contributed by atoms with Crippen molar-refractivity contribution in [1.82, 2.24) is 5.32 Å². The standard InChI is InChI=1S/C25H16F6N2O/c26-24(27,28)17-10-15(11-18(13-17)25(29,30)31)14-5-6-21-16(9-14)12-22(34-21)19-3-1-2-4-20(19)23-32-7-8-33-23/h1-6,9-13H,7-8H2,(H,32,33). The molecule has 0 aliphatic carbocycles. The fourth-order valence-corrected chi connectivity index (χ4v) is 3.96. The summed E-state index contributed by atoms with van der Waals surface area (Å²) < 4.78 is 85.5. The van der Waals surface area contributed by atoms with Gasteiger partial charge >= 0.3 is 12.4 Å². The molecule has 0 saturated carbocycles. The number of nitrogens with one attached hydrogen (secondary N) is 1. The van der Waals surface area contributed by atoms with Crippen LogP contribution in [0.5, 0.6) is 0 Å². The zero-order chi connectivity index (χ0) is 24.1.